The van der Waals surface area contributed by atoms with Crippen molar-refractivity contribution in [2.45, 2.75) is 6.92 Å². The molecule has 0 unspecified atom stereocenters. The maximum atomic E-state index is 13.1. The molecule has 21 heavy (non-hydrogen) atoms. The molecule has 0 saturated heterocycles. The van der Waals surface area contributed by atoms with Crippen LogP contribution in [0.4, 0.5) is 10.1 Å². The van der Waals surface area contributed by atoms with Crippen LogP contribution in [0, 0.1) is 12.7 Å². The van der Waals surface area contributed by atoms with Crippen molar-refractivity contribution < 1.29 is 8.91 Å². The maximum absolute atomic E-state index is 13.1. The highest BCUT2D eigenvalue weighted by molar-refractivity contribution is 6.33. The molecule has 3 rings (SSSR count). The Bertz CT molecular complexity index is 816. The number of nitrogens with zero attached hydrogens (tertiary/aromatic N) is 2. The van der Waals surface area contributed by atoms with Crippen molar-refractivity contribution in [1.82, 2.24) is 10.1 Å². The largest absolute Gasteiger partial charge is 0.398 e. The summed E-state index contributed by atoms with van der Waals surface area (Å²) in [6.07, 6.45) is 0. The Balaban J connectivity index is 2.06. The van der Waals surface area contributed by atoms with Crippen molar-refractivity contribution >= 4 is 17.3 Å². The van der Waals surface area contributed by atoms with Crippen LogP contribution >= 0.6 is 11.6 Å². The molecule has 0 amide bonds. The SMILES string of the molecule is Cc1ccc(N)c(-c2nc(-c3ccc(F)cc3Cl)no2)c1. The molecule has 0 radical (unpaired) electrons. The molecular formula is C15H11ClFN3O. The number of rotatable bonds is 2. The van der Waals surface area contributed by atoms with E-state index in [2.05, 4.69) is 10.1 Å². The van der Waals surface area contributed by atoms with E-state index in [-0.39, 0.29) is 10.8 Å². The summed E-state index contributed by atoms with van der Waals surface area (Å²) in [6, 6.07) is 9.53. The van der Waals surface area contributed by atoms with Gasteiger partial charge in [0.05, 0.1) is 10.6 Å². The van der Waals surface area contributed by atoms with Crippen LogP contribution in [-0.2, 0) is 0 Å². The standard InChI is InChI=1S/C15H11ClFN3O/c1-8-2-5-13(18)11(6-8)15-19-14(20-21-15)10-4-3-9(17)7-12(10)16/h2-7H,18H2,1H3. The van der Waals surface area contributed by atoms with Gasteiger partial charge in [0.25, 0.3) is 5.89 Å². The number of hydrogen-bond acceptors (Lipinski definition) is 4. The number of nitrogens with two attached hydrogens (primary N) is 1. The van der Waals surface area contributed by atoms with E-state index in [4.69, 9.17) is 21.9 Å². The Labute approximate surface area is 125 Å². The van der Waals surface area contributed by atoms with Gasteiger partial charge in [-0.2, -0.15) is 4.98 Å². The highest BCUT2D eigenvalue weighted by atomic mass is 35.5. The van der Waals surface area contributed by atoms with Gasteiger partial charge in [0.1, 0.15) is 5.82 Å². The number of nitrogen functional groups attached to an aromatic ring is 1. The summed E-state index contributed by atoms with van der Waals surface area (Å²) in [5.74, 6) is 0.165. The lowest BCUT2D eigenvalue weighted by atomic mass is 10.1. The first-order valence-electron chi connectivity index (χ1n) is 6.20. The fraction of sp³-hybridized carbons (Fsp3) is 0.0667. The molecular weight excluding hydrogens is 293 g/mol. The number of aromatic nitrogens is 2. The highest BCUT2D eigenvalue weighted by Crippen LogP contribution is 2.30. The van der Waals surface area contributed by atoms with Gasteiger partial charge in [-0.05, 0) is 37.3 Å². The zero-order valence-corrected chi connectivity index (χ0v) is 11.9. The monoisotopic (exact) mass is 303 g/mol. The Kier molecular flexibility index (Phi) is 3.35. The topological polar surface area (TPSA) is 64.9 Å². The molecule has 0 saturated carbocycles. The molecule has 0 aliphatic rings. The van der Waals surface area contributed by atoms with Gasteiger partial charge in [-0.15, -0.1) is 0 Å². The average Bonchev–Trinajstić information content (AvgIpc) is 2.91. The number of benzene rings is 2. The van der Waals surface area contributed by atoms with Gasteiger partial charge in [0.2, 0.25) is 5.82 Å². The Morgan fingerprint density at radius 3 is 2.71 bits per heavy atom. The van der Waals surface area contributed by atoms with Crippen molar-refractivity contribution in [2.75, 3.05) is 5.73 Å². The summed E-state index contributed by atoms with van der Waals surface area (Å²) in [5, 5.41) is 4.10. The van der Waals surface area contributed by atoms with Crippen molar-refractivity contribution in [2.24, 2.45) is 0 Å². The number of hydrogen-bond donors (Lipinski definition) is 1. The van der Waals surface area contributed by atoms with E-state index in [0.29, 0.717) is 22.7 Å². The van der Waals surface area contributed by atoms with Crippen molar-refractivity contribution in [3.8, 4) is 22.8 Å². The normalized spacial score (nSPS) is 10.8. The molecule has 0 atom stereocenters. The van der Waals surface area contributed by atoms with E-state index in [1.165, 1.54) is 18.2 Å². The number of anilines is 1. The van der Waals surface area contributed by atoms with Crippen LogP contribution in [0.5, 0.6) is 0 Å². The Morgan fingerprint density at radius 1 is 1.14 bits per heavy atom. The van der Waals surface area contributed by atoms with E-state index in [1.807, 2.05) is 19.1 Å². The van der Waals surface area contributed by atoms with Crippen LogP contribution in [0.25, 0.3) is 22.8 Å². The number of halogens is 2. The van der Waals surface area contributed by atoms with Crippen LogP contribution in [0.2, 0.25) is 5.02 Å². The summed E-state index contributed by atoms with van der Waals surface area (Å²) in [6.45, 7) is 1.94. The quantitative estimate of drug-likeness (QED) is 0.724. The van der Waals surface area contributed by atoms with Gasteiger partial charge in [0.15, 0.2) is 0 Å². The fourth-order valence-electron chi connectivity index (χ4n) is 1.97. The summed E-state index contributed by atoms with van der Waals surface area (Å²) < 4.78 is 18.3. The minimum atomic E-state index is -0.421. The van der Waals surface area contributed by atoms with Gasteiger partial charge in [0, 0.05) is 11.3 Å². The van der Waals surface area contributed by atoms with Crippen molar-refractivity contribution in [1.29, 1.82) is 0 Å². The lowest BCUT2D eigenvalue weighted by molar-refractivity contribution is 0.432. The molecule has 0 aliphatic heterocycles. The molecule has 106 valence electrons. The maximum Gasteiger partial charge on any atom is 0.260 e. The third-order valence-electron chi connectivity index (χ3n) is 3.04. The summed E-state index contributed by atoms with van der Waals surface area (Å²) in [4.78, 5) is 4.28. The van der Waals surface area contributed by atoms with Crippen LogP contribution < -0.4 is 5.73 Å². The molecule has 4 nitrogen and oxygen atoms in total. The van der Waals surface area contributed by atoms with E-state index >= 15 is 0 Å². The molecule has 0 spiro atoms. The third-order valence-corrected chi connectivity index (χ3v) is 3.35. The lowest BCUT2D eigenvalue weighted by Crippen LogP contribution is -1.91. The molecule has 1 aromatic heterocycles. The van der Waals surface area contributed by atoms with E-state index in [0.717, 1.165) is 5.56 Å². The Morgan fingerprint density at radius 2 is 1.95 bits per heavy atom. The second-order valence-electron chi connectivity index (χ2n) is 4.64. The molecule has 2 N–H and O–H groups in total. The van der Waals surface area contributed by atoms with Gasteiger partial charge < -0.3 is 10.3 Å². The smallest absolute Gasteiger partial charge is 0.260 e. The zero-order chi connectivity index (χ0) is 15.0. The molecule has 1 heterocycles. The van der Waals surface area contributed by atoms with Crippen LogP contribution in [0.3, 0.4) is 0 Å². The molecule has 0 bridgehead atoms. The fourth-order valence-corrected chi connectivity index (χ4v) is 2.22. The average molecular weight is 304 g/mol. The van der Waals surface area contributed by atoms with E-state index < -0.39 is 5.82 Å². The predicted octanol–water partition coefficient (Wildman–Crippen LogP) is 4.09. The second-order valence-corrected chi connectivity index (χ2v) is 5.05. The highest BCUT2D eigenvalue weighted by Gasteiger charge is 2.15. The first kappa shape index (κ1) is 13.6. The molecule has 6 heteroatoms. The van der Waals surface area contributed by atoms with Gasteiger partial charge >= 0.3 is 0 Å². The third kappa shape index (κ3) is 2.60. The van der Waals surface area contributed by atoms with E-state index in [1.54, 1.807) is 6.07 Å². The Hall–Kier alpha value is -2.40. The van der Waals surface area contributed by atoms with Gasteiger partial charge in [-0.1, -0.05) is 28.4 Å². The zero-order valence-electron chi connectivity index (χ0n) is 11.1. The first-order valence-corrected chi connectivity index (χ1v) is 6.58. The van der Waals surface area contributed by atoms with Crippen molar-refractivity contribution in [3.63, 3.8) is 0 Å². The summed E-state index contributed by atoms with van der Waals surface area (Å²) >= 11 is 5.99. The van der Waals surface area contributed by atoms with Crippen molar-refractivity contribution in [3.05, 3.63) is 52.8 Å². The van der Waals surface area contributed by atoms with Gasteiger partial charge in [-0.3, -0.25) is 0 Å². The molecule has 2 aromatic carbocycles. The minimum Gasteiger partial charge on any atom is -0.398 e. The van der Waals surface area contributed by atoms with E-state index in [9.17, 15) is 4.39 Å². The number of aryl methyl sites for hydroxylation is 1. The summed E-state index contributed by atoms with van der Waals surface area (Å²) in [7, 11) is 0. The first-order chi connectivity index (χ1) is 10.0. The molecule has 0 aliphatic carbocycles. The van der Waals surface area contributed by atoms with Gasteiger partial charge in [-0.25, -0.2) is 4.39 Å². The second kappa shape index (κ2) is 5.18. The summed E-state index contributed by atoms with van der Waals surface area (Å²) in [5.41, 5.74) is 8.64. The molecule has 0 fully saturated rings. The molecule has 3 aromatic rings. The van der Waals surface area contributed by atoms with Crippen LogP contribution in [0.1, 0.15) is 5.56 Å². The lowest BCUT2D eigenvalue weighted by Gasteiger charge is -2.01. The van der Waals surface area contributed by atoms with Crippen LogP contribution in [-0.4, -0.2) is 10.1 Å². The predicted molar refractivity (Wildman–Crippen MR) is 79.3 cm³/mol. The minimum absolute atomic E-state index is 0.222. The van der Waals surface area contributed by atoms with Crippen LogP contribution in [0.15, 0.2) is 40.9 Å².